The molecule has 2 rings (SSSR count). The predicted molar refractivity (Wildman–Crippen MR) is 82.1 cm³/mol. The van der Waals surface area contributed by atoms with Crippen molar-refractivity contribution in [2.24, 2.45) is 5.73 Å². The second kappa shape index (κ2) is 7.12. The van der Waals surface area contributed by atoms with Crippen LogP contribution in [0.3, 0.4) is 0 Å². The summed E-state index contributed by atoms with van der Waals surface area (Å²) in [6, 6.07) is 13.4. The monoisotopic (exact) mass is 300 g/mol. The number of para-hydroxylation sites is 2. The number of benzene rings is 2. The molecule has 0 heterocycles. The summed E-state index contributed by atoms with van der Waals surface area (Å²) in [5.74, 6) is 0.117. The van der Waals surface area contributed by atoms with Crippen molar-refractivity contribution < 1.29 is 19.1 Å². The van der Waals surface area contributed by atoms with E-state index in [-0.39, 0.29) is 12.5 Å². The third-order valence-electron chi connectivity index (χ3n) is 2.86. The maximum atomic E-state index is 11.9. The second-order valence-electron chi connectivity index (χ2n) is 4.43. The molecule has 0 radical (unpaired) electrons. The Labute approximate surface area is 127 Å². The molecule has 6 nitrogen and oxygen atoms in total. The fraction of sp³-hybridized carbons (Fsp3) is 0.125. The maximum Gasteiger partial charge on any atom is 0.262 e. The van der Waals surface area contributed by atoms with Crippen LogP contribution in [0.4, 0.5) is 5.69 Å². The van der Waals surface area contributed by atoms with Gasteiger partial charge in [0.1, 0.15) is 0 Å². The largest absolute Gasteiger partial charge is 0.493 e. The number of hydrogen-bond donors (Lipinski definition) is 2. The number of primary amides is 1. The van der Waals surface area contributed by atoms with Gasteiger partial charge in [0.25, 0.3) is 5.91 Å². The zero-order valence-corrected chi connectivity index (χ0v) is 12.0. The van der Waals surface area contributed by atoms with Gasteiger partial charge in [-0.1, -0.05) is 18.2 Å². The number of nitrogens with two attached hydrogens (primary N) is 1. The number of carbonyl (C=O) groups is 2. The van der Waals surface area contributed by atoms with E-state index in [0.29, 0.717) is 22.7 Å². The van der Waals surface area contributed by atoms with E-state index in [1.807, 2.05) is 0 Å². The summed E-state index contributed by atoms with van der Waals surface area (Å²) in [6.45, 7) is -0.179. The number of rotatable bonds is 6. The highest BCUT2D eigenvalue weighted by Crippen LogP contribution is 2.25. The van der Waals surface area contributed by atoms with Gasteiger partial charge in [-0.05, 0) is 30.3 Å². The van der Waals surface area contributed by atoms with Crippen LogP contribution in [-0.4, -0.2) is 25.5 Å². The van der Waals surface area contributed by atoms with Crippen molar-refractivity contribution in [1.29, 1.82) is 0 Å². The minimum atomic E-state index is -0.554. The van der Waals surface area contributed by atoms with E-state index in [9.17, 15) is 9.59 Å². The molecular weight excluding hydrogens is 284 g/mol. The smallest absolute Gasteiger partial charge is 0.262 e. The molecule has 0 atom stereocenters. The highest BCUT2D eigenvalue weighted by molar-refractivity contribution is 5.96. The van der Waals surface area contributed by atoms with Crippen LogP contribution in [0.2, 0.25) is 0 Å². The SMILES string of the molecule is COc1ccccc1OCC(=O)Nc1cccc(C(N)=O)c1. The summed E-state index contributed by atoms with van der Waals surface area (Å²) in [4.78, 5) is 23.0. The average Bonchev–Trinajstić information content (AvgIpc) is 2.53. The fourth-order valence-corrected chi connectivity index (χ4v) is 1.83. The Morgan fingerprint density at radius 2 is 1.82 bits per heavy atom. The Balaban J connectivity index is 1.96. The normalized spacial score (nSPS) is 9.86. The minimum absolute atomic E-state index is 0.179. The number of methoxy groups -OCH3 is 1. The summed E-state index contributed by atoms with van der Waals surface area (Å²) in [7, 11) is 1.53. The van der Waals surface area contributed by atoms with Gasteiger partial charge in [0, 0.05) is 11.3 Å². The van der Waals surface area contributed by atoms with Crippen molar-refractivity contribution in [2.45, 2.75) is 0 Å². The topological polar surface area (TPSA) is 90.7 Å². The zero-order valence-electron chi connectivity index (χ0n) is 12.0. The molecule has 0 saturated carbocycles. The van der Waals surface area contributed by atoms with E-state index in [1.54, 1.807) is 42.5 Å². The first-order valence-electron chi connectivity index (χ1n) is 6.55. The van der Waals surface area contributed by atoms with Crippen LogP contribution >= 0.6 is 0 Å². The molecule has 0 aliphatic heterocycles. The van der Waals surface area contributed by atoms with Gasteiger partial charge in [0.15, 0.2) is 18.1 Å². The molecule has 22 heavy (non-hydrogen) atoms. The van der Waals surface area contributed by atoms with Crippen LogP contribution < -0.4 is 20.5 Å². The van der Waals surface area contributed by atoms with E-state index in [1.165, 1.54) is 13.2 Å². The third-order valence-corrected chi connectivity index (χ3v) is 2.86. The van der Waals surface area contributed by atoms with Gasteiger partial charge in [-0.15, -0.1) is 0 Å². The molecule has 6 heteroatoms. The third kappa shape index (κ3) is 3.99. The number of anilines is 1. The van der Waals surface area contributed by atoms with Crippen LogP contribution in [0.15, 0.2) is 48.5 Å². The highest BCUT2D eigenvalue weighted by atomic mass is 16.5. The van der Waals surface area contributed by atoms with Crippen LogP contribution in [-0.2, 0) is 4.79 Å². The molecule has 0 fully saturated rings. The first kappa shape index (κ1) is 15.4. The van der Waals surface area contributed by atoms with Gasteiger partial charge < -0.3 is 20.5 Å². The molecule has 114 valence electrons. The van der Waals surface area contributed by atoms with Crippen LogP contribution in [0.5, 0.6) is 11.5 Å². The first-order chi connectivity index (χ1) is 10.6. The van der Waals surface area contributed by atoms with Crippen molar-refractivity contribution in [3.63, 3.8) is 0 Å². The summed E-state index contributed by atoms with van der Waals surface area (Å²) >= 11 is 0. The Hall–Kier alpha value is -3.02. The zero-order chi connectivity index (χ0) is 15.9. The van der Waals surface area contributed by atoms with Crippen LogP contribution in [0.25, 0.3) is 0 Å². The predicted octanol–water partition coefficient (Wildman–Crippen LogP) is 1.81. The lowest BCUT2D eigenvalue weighted by molar-refractivity contribution is -0.118. The van der Waals surface area contributed by atoms with Crippen molar-refractivity contribution >= 4 is 17.5 Å². The lowest BCUT2D eigenvalue weighted by atomic mass is 10.2. The van der Waals surface area contributed by atoms with Gasteiger partial charge in [-0.3, -0.25) is 9.59 Å². The summed E-state index contributed by atoms with van der Waals surface area (Å²) < 4.78 is 10.5. The number of ether oxygens (including phenoxy) is 2. The van der Waals surface area contributed by atoms with Crippen LogP contribution in [0.1, 0.15) is 10.4 Å². The molecule has 0 saturated heterocycles. The Morgan fingerprint density at radius 1 is 1.09 bits per heavy atom. The van der Waals surface area contributed by atoms with Crippen LogP contribution in [0, 0.1) is 0 Å². The standard InChI is InChI=1S/C16H16N2O4/c1-21-13-7-2-3-8-14(13)22-10-15(19)18-12-6-4-5-11(9-12)16(17)20/h2-9H,10H2,1H3,(H2,17,20)(H,18,19). The second-order valence-corrected chi connectivity index (χ2v) is 4.43. The number of amides is 2. The lowest BCUT2D eigenvalue weighted by Gasteiger charge is -2.10. The first-order valence-corrected chi connectivity index (χ1v) is 6.55. The molecule has 2 aromatic carbocycles. The summed E-state index contributed by atoms with van der Waals surface area (Å²) in [5.41, 5.74) is 5.99. The molecule has 0 aliphatic carbocycles. The molecule has 0 aliphatic rings. The van der Waals surface area contributed by atoms with Crippen molar-refractivity contribution in [3.05, 3.63) is 54.1 Å². The lowest BCUT2D eigenvalue weighted by Crippen LogP contribution is -2.20. The Kier molecular flexibility index (Phi) is 4.98. The quantitative estimate of drug-likeness (QED) is 0.851. The van der Waals surface area contributed by atoms with Gasteiger partial charge >= 0.3 is 0 Å². The van der Waals surface area contributed by atoms with Crippen molar-refractivity contribution in [3.8, 4) is 11.5 Å². The maximum absolute atomic E-state index is 11.9. The van der Waals surface area contributed by atoms with E-state index < -0.39 is 5.91 Å². The van der Waals surface area contributed by atoms with Gasteiger partial charge in [0.2, 0.25) is 5.91 Å². The van der Waals surface area contributed by atoms with E-state index >= 15 is 0 Å². The molecule has 0 aromatic heterocycles. The minimum Gasteiger partial charge on any atom is -0.493 e. The van der Waals surface area contributed by atoms with Crippen molar-refractivity contribution in [2.75, 3.05) is 19.0 Å². The fourth-order valence-electron chi connectivity index (χ4n) is 1.83. The molecular formula is C16H16N2O4. The van der Waals surface area contributed by atoms with Gasteiger partial charge in [0.05, 0.1) is 7.11 Å². The molecule has 2 aromatic rings. The summed E-state index contributed by atoms with van der Waals surface area (Å²) in [5, 5.41) is 2.63. The van der Waals surface area contributed by atoms with E-state index in [2.05, 4.69) is 5.32 Å². The van der Waals surface area contributed by atoms with Gasteiger partial charge in [-0.2, -0.15) is 0 Å². The number of hydrogen-bond acceptors (Lipinski definition) is 4. The Bertz CT molecular complexity index is 685. The average molecular weight is 300 g/mol. The molecule has 3 N–H and O–H groups in total. The van der Waals surface area contributed by atoms with Gasteiger partial charge in [-0.25, -0.2) is 0 Å². The molecule has 0 unspecified atom stereocenters. The molecule has 0 bridgehead atoms. The van der Waals surface area contributed by atoms with E-state index in [0.717, 1.165) is 0 Å². The molecule has 0 spiro atoms. The summed E-state index contributed by atoms with van der Waals surface area (Å²) in [6.07, 6.45) is 0. The number of carbonyl (C=O) groups excluding carboxylic acids is 2. The van der Waals surface area contributed by atoms with E-state index in [4.69, 9.17) is 15.2 Å². The molecule has 2 amide bonds. The number of nitrogens with one attached hydrogen (secondary N) is 1. The Morgan fingerprint density at radius 3 is 2.50 bits per heavy atom. The highest BCUT2D eigenvalue weighted by Gasteiger charge is 2.08. The van der Waals surface area contributed by atoms with Crippen molar-refractivity contribution in [1.82, 2.24) is 0 Å².